The number of rotatable bonds is 10. The highest BCUT2D eigenvalue weighted by Gasteiger charge is 2.21. The largest absolute Gasteiger partial charge is 0.469 e. The summed E-state index contributed by atoms with van der Waals surface area (Å²) >= 11 is 0. The van der Waals surface area contributed by atoms with Gasteiger partial charge in [0.1, 0.15) is 6.61 Å². The second-order valence-electron chi connectivity index (χ2n) is 4.25. The molecule has 0 aromatic heterocycles. The monoisotopic (exact) mass is 275 g/mol. The van der Waals surface area contributed by atoms with Gasteiger partial charge in [0.15, 0.2) is 0 Å². The Labute approximate surface area is 115 Å². The molecule has 1 amide bonds. The number of amides is 1. The molecule has 1 atom stereocenters. The highest BCUT2D eigenvalue weighted by Crippen LogP contribution is 2.04. The Morgan fingerprint density at radius 2 is 1.95 bits per heavy atom. The van der Waals surface area contributed by atoms with E-state index in [4.69, 9.17) is 9.47 Å². The molecule has 0 radical (unpaired) electrons. The molecule has 112 valence electrons. The van der Waals surface area contributed by atoms with Gasteiger partial charge in [-0.1, -0.05) is 6.92 Å². The van der Waals surface area contributed by atoms with Gasteiger partial charge in [-0.3, -0.25) is 9.59 Å². The lowest BCUT2D eigenvalue weighted by molar-refractivity contribution is -0.147. The summed E-state index contributed by atoms with van der Waals surface area (Å²) in [4.78, 5) is 24.9. The van der Waals surface area contributed by atoms with Gasteiger partial charge in [0.2, 0.25) is 5.91 Å². The average Bonchev–Trinajstić information content (AvgIpc) is 2.41. The molecule has 0 rings (SSSR count). The van der Waals surface area contributed by atoms with E-state index in [2.05, 4.69) is 4.74 Å². The van der Waals surface area contributed by atoms with Crippen molar-refractivity contribution in [2.24, 2.45) is 5.92 Å². The van der Waals surface area contributed by atoms with E-state index in [1.807, 2.05) is 6.92 Å². The van der Waals surface area contributed by atoms with Crippen molar-refractivity contribution >= 4 is 11.9 Å². The van der Waals surface area contributed by atoms with E-state index in [0.717, 1.165) is 6.42 Å². The fraction of sp³-hybridized carbons (Fsp3) is 0.846. The van der Waals surface area contributed by atoms with Gasteiger partial charge < -0.3 is 19.1 Å². The fourth-order valence-electron chi connectivity index (χ4n) is 1.64. The van der Waals surface area contributed by atoms with Crippen LogP contribution < -0.4 is 0 Å². The van der Waals surface area contributed by atoms with Gasteiger partial charge in [-0.25, -0.2) is 0 Å². The lowest BCUT2D eigenvalue weighted by Gasteiger charge is -2.24. The average molecular weight is 275 g/mol. The van der Waals surface area contributed by atoms with Crippen molar-refractivity contribution in [1.29, 1.82) is 0 Å². The van der Waals surface area contributed by atoms with Crippen molar-refractivity contribution in [3.8, 4) is 0 Å². The number of esters is 1. The topological polar surface area (TPSA) is 65.1 Å². The standard InChI is InChI=1S/C13H25NO5/c1-5-19-8-6-7-14(12(15)10-17-3)9-11(2)13(16)18-4/h11H,5-10H2,1-4H3. The molecule has 0 N–H and O–H groups in total. The second-order valence-corrected chi connectivity index (χ2v) is 4.25. The Morgan fingerprint density at radius 1 is 1.26 bits per heavy atom. The maximum absolute atomic E-state index is 11.9. The van der Waals surface area contributed by atoms with Gasteiger partial charge in [0, 0.05) is 33.4 Å². The van der Waals surface area contributed by atoms with Crippen LogP contribution >= 0.6 is 0 Å². The number of hydrogen-bond acceptors (Lipinski definition) is 5. The number of ether oxygens (including phenoxy) is 3. The molecule has 0 bridgehead atoms. The number of carbonyl (C=O) groups excluding carboxylic acids is 2. The SMILES string of the molecule is CCOCCCN(CC(C)C(=O)OC)C(=O)COC. The van der Waals surface area contributed by atoms with Crippen molar-refractivity contribution in [2.45, 2.75) is 20.3 Å². The summed E-state index contributed by atoms with van der Waals surface area (Å²) in [6.07, 6.45) is 0.733. The summed E-state index contributed by atoms with van der Waals surface area (Å²) in [5, 5.41) is 0. The van der Waals surface area contributed by atoms with Crippen LogP contribution in [-0.2, 0) is 23.8 Å². The van der Waals surface area contributed by atoms with Crippen LogP contribution in [0.1, 0.15) is 20.3 Å². The Balaban J connectivity index is 4.32. The molecule has 0 aromatic rings. The van der Waals surface area contributed by atoms with Gasteiger partial charge >= 0.3 is 5.97 Å². The Kier molecular flexibility index (Phi) is 10.1. The van der Waals surface area contributed by atoms with Crippen molar-refractivity contribution < 1.29 is 23.8 Å². The van der Waals surface area contributed by atoms with Crippen LogP contribution in [0.4, 0.5) is 0 Å². The summed E-state index contributed by atoms with van der Waals surface area (Å²) in [5.74, 6) is -0.798. The van der Waals surface area contributed by atoms with Gasteiger partial charge in [0.05, 0.1) is 13.0 Å². The molecule has 0 aliphatic heterocycles. The van der Waals surface area contributed by atoms with Gasteiger partial charge in [0.25, 0.3) is 0 Å². The normalized spacial score (nSPS) is 12.0. The van der Waals surface area contributed by atoms with E-state index in [1.54, 1.807) is 11.8 Å². The number of hydrogen-bond donors (Lipinski definition) is 0. The molecule has 0 aromatic carbocycles. The van der Waals surface area contributed by atoms with E-state index in [-0.39, 0.29) is 24.4 Å². The quantitative estimate of drug-likeness (QED) is 0.434. The Hall–Kier alpha value is -1.14. The first-order valence-electron chi connectivity index (χ1n) is 6.49. The third-order valence-corrected chi connectivity index (χ3v) is 2.64. The minimum Gasteiger partial charge on any atom is -0.469 e. The highest BCUT2D eigenvalue weighted by molar-refractivity contribution is 5.78. The van der Waals surface area contributed by atoms with Gasteiger partial charge in [-0.05, 0) is 13.3 Å². The molecular formula is C13H25NO5. The first kappa shape index (κ1) is 17.9. The predicted octanol–water partition coefficient (Wildman–Crippen LogP) is 0.697. The zero-order valence-electron chi connectivity index (χ0n) is 12.3. The van der Waals surface area contributed by atoms with Gasteiger partial charge in [-0.15, -0.1) is 0 Å². The van der Waals surface area contributed by atoms with Crippen LogP contribution in [0.25, 0.3) is 0 Å². The van der Waals surface area contributed by atoms with E-state index >= 15 is 0 Å². The molecule has 0 saturated heterocycles. The minimum absolute atomic E-state index is 0.0164. The van der Waals surface area contributed by atoms with E-state index in [9.17, 15) is 9.59 Å². The zero-order valence-corrected chi connectivity index (χ0v) is 12.3. The van der Waals surface area contributed by atoms with Crippen LogP contribution in [0.5, 0.6) is 0 Å². The summed E-state index contributed by atoms with van der Waals surface area (Å²) in [7, 11) is 2.81. The molecule has 0 aliphatic carbocycles. The Morgan fingerprint density at radius 3 is 2.47 bits per heavy atom. The summed E-state index contributed by atoms with van der Waals surface area (Å²) in [6, 6.07) is 0. The first-order chi connectivity index (χ1) is 9.06. The lowest BCUT2D eigenvalue weighted by Crippen LogP contribution is -2.40. The first-order valence-corrected chi connectivity index (χ1v) is 6.49. The van der Waals surface area contributed by atoms with Crippen molar-refractivity contribution in [1.82, 2.24) is 4.90 Å². The van der Waals surface area contributed by atoms with E-state index in [0.29, 0.717) is 26.3 Å². The molecule has 6 nitrogen and oxygen atoms in total. The summed E-state index contributed by atoms with van der Waals surface area (Å²) < 4.78 is 14.7. The van der Waals surface area contributed by atoms with Crippen molar-refractivity contribution in [3.05, 3.63) is 0 Å². The molecule has 0 spiro atoms. The maximum atomic E-state index is 11.9. The molecule has 0 fully saturated rings. The summed E-state index contributed by atoms with van der Waals surface area (Å²) in [6.45, 7) is 5.81. The number of methoxy groups -OCH3 is 2. The van der Waals surface area contributed by atoms with Crippen LogP contribution in [0.2, 0.25) is 0 Å². The van der Waals surface area contributed by atoms with Crippen molar-refractivity contribution in [3.63, 3.8) is 0 Å². The zero-order chi connectivity index (χ0) is 14.7. The summed E-state index contributed by atoms with van der Waals surface area (Å²) in [5.41, 5.74) is 0. The van der Waals surface area contributed by atoms with Crippen molar-refractivity contribution in [2.75, 3.05) is 47.1 Å². The molecule has 1 unspecified atom stereocenters. The number of nitrogens with zero attached hydrogens (tertiary/aromatic N) is 1. The molecule has 19 heavy (non-hydrogen) atoms. The molecular weight excluding hydrogens is 250 g/mol. The second kappa shape index (κ2) is 10.8. The van der Waals surface area contributed by atoms with Crippen LogP contribution in [0.3, 0.4) is 0 Å². The number of carbonyl (C=O) groups is 2. The molecule has 0 heterocycles. The Bertz CT molecular complexity index is 270. The smallest absolute Gasteiger partial charge is 0.310 e. The van der Waals surface area contributed by atoms with Crippen LogP contribution in [-0.4, -0.2) is 63.9 Å². The third-order valence-electron chi connectivity index (χ3n) is 2.64. The lowest BCUT2D eigenvalue weighted by atomic mass is 10.1. The van der Waals surface area contributed by atoms with Crippen LogP contribution in [0, 0.1) is 5.92 Å². The molecule has 0 saturated carbocycles. The van der Waals surface area contributed by atoms with E-state index < -0.39 is 0 Å². The molecule has 0 aliphatic rings. The minimum atomic E-state index is -0.349. The predicted molar refractivity (Wildman–Crippen MR) is 70.7 cm³/mol. The van der Waals surface area contributed by atoms with Gasteiger partial charge in [-0.2, -0.15) is 0 Å². The third kappa shape index (κ3) is 7.79. The highest BCUT2D eigenvalue weighted by atomic mass is 16.5. The fourth-order valence-corrected chi connectivity index (χ4v) is 1.64. The maximum Gasteiger partial charge on any atom is 0.310 e. The molecule has 6 heteroatoms. The van der Waals surface area contributed by atoms with E-state index in [1.165, 1.54) is 14.2 Å². The van der Waals surface area contributed by atoms with Crippen LogP contribution in [0.15, 0.2) is 0 Å².